The lowest BCUT2D eigenvalue weighted by atomic mass is 10.0. The van der Waals surface area contributed by atoms with E-state index in [2.05, 4.69) is 5.32 Å². The van der Waals surface area contributed by atoms with Crippen LogP contribution in [0.25, 0.3) is 0 Å². The fraction of sp³-hybridized carbons (Fsp3) is 0.188. The lowest BCUT2D eigenvalue weighted by Crippen LogP contribution is -2.19. The van der Waals surface area contributed by atoms with Gasteiger partial charge in [-0.2, -0.15) is 0 Å². The molecule has 0 bridgehead atoms. The van der Waals surface area contributed by atoms with Gasteiger partial charge < -0.3 is 15.8 Å². The summed E-state index contributed by atoms with van der Waals surface area (Å²) in [7, 11) is 0. The van der Waals surface area contributed by atoms with Crippen molar-refractivity contribution in [3.8, 4) is 5.75 Å². The smallest absolute Gasteiger partial charge is 0.224 e. The Morgan fingerprint density at radius 1 is 1.24 bits per heavy atom. The van der Waals surface area contributed by atoms with Crippen molar-refractivity contribution >= 4 is 28.9 Å². The van der Waals surface area contributed by atoms with Crippen molar-refractivity contribution in [1.82, 2.24) is 0 Å². The van der Waals surface area contributed by atoms with Crippen LogP contribution in [0.2, 0.25) is 5.02 Å². The third-order valence-corrected chi connectivity index (χ3v) is 3.65. The van der Waals surface area contributed by atoms with Crippen LogP contribution in [0.5, 0.6) is 5.75 Å². The SMILES string of the molecule is Nc1cc2c(cc1OCc1cccc(Cl)c1)CCC(=O)N2. The van der Waals surface area contributed by atoms with Gasteiger partial charge >= 0.3 is 0 Å². The van der Waals surface area contributed by atoms with Gasteiger partial charge in [0.2, 0.25) is 5.91 Å². The predicted molar refractivity (Wildman–Crippen MR) is 83.6 cm³/mol. The molecule has 108 valence electrons. The van der Waals surface area contributed by atoms with E-state index < -0.39 is 0 Å². The Labute approximate surface area is 127 Å². The van der Waals surface area contributed by atoms with Crippen molar-refractivity contribution in [3.63, 3.8) is 0 Å². The Balaban J connectivity index is 1.78. The summed E-state index contributed by atoms with van der Waals surface area (Å²) in [6.07, 6.45) is 1.19. The topological polar surface area (TPSA) is 64.3 Å². The molecule has 5 heteroatoms. The van der Waals surface area contributed by atoms with Crippen LogP contribution in [-0.4, -0.2) is 5.91 Å². The van der Waals surface area contributed by atoms with Crippen molar-refractivity contribution in [2.75, 3.05) is 11.1 Å². The Morgan fingerprint density at radius 2 is 2.10 bits per heavy atom. The van der Waals surface area contributed by atoms with Crippen LogP contribution in [0.1, 0.15) is 17.5 Å². The molecule has 1 amide bonds. The first-order valence-corrected chi connectivity index (χ1v) is 7.09. The number of rotatable bonds is 3. The van der Waals surface area contributed by atoms with Gasteiger partial charge in [0.25, 0.3) is 0 Å². The quantitative estimate of drug-likeness (QED) is 0.854. The molecular weight excluding hydrogens is 288 g/mol. The third-order valence-electron chi connectivity index (χ3n) is 3.41. The summed E-state index contributed by atoms with van der Waals surface area (Å²) in [6, 6.07) is 11.2. The molecule has 0 atom stereocenters. The van der Waals surface area contributed by atoms with Crippen LogP contribution >= 0.6 is 11.6 Å². The normalized spacial score (nSPS) is 13.5. The van der Waals surface area contributed by atoms with Gasteiger partial charge in [-0.05, 0) is 41.8 Å². The summed E-state index contributed by atoms with van der Waals surface area (Å²) in [5.41, 5.74) is 9.30. The molecule has 0 fully saturated rings. The van der Waals surface area contributed by atoms with Crippen molar-refractivity contribution in [1.29, 1.82) is 0 Å². The van der Waals surface area contributed by atoms with E-state index in [4.69, 9.17) is 22.1 Å². The molecule has 4 nitrogen and oxygen atoms in total. The molecule has 0 unspecified atom stereocenters. The standard InChI is InChI=1S/C16H15ClN2O2/c17-12-3-1-2-10(6-12)9-21-15-7-11-4-5-16(20)19-14(11)8-13(15)18/h1-3,6-8H,4-5,9,18H2,(H,19,20). The van der Waals surface area contributed by atoms with E-state index in [1.54, 1.807) is 6.07 Å². The molecule has 21 heavy (non-hydrogen) atoms. The summed E-state index contributed by atoms with van der Waals surface area (Å²) < 4.78 is 5.77. The lowest BCUT2D eigenvalue weighted by molar-refractivity contribution is -0.116. The number of anilines is 2. The molecule has 2 aromatic rings. The molecule has 1 aliphatic heterocycles. The number of ether oxygens (including phenoxy) is 1. The first-order chi connectivity index (χ1) is 10.1. The molecule has 0 aromatic heterocycles. The van der Waals surface area contributed by atoms with E-state index in [0.717, 1.165) is 16.8 Å². The maximum Gasteiger partial charge on any atom is 0.224 e. The summed E-state index contributed by atoms with van der Waals surface area (Å²) in [4.78, 5) is 11.4. The molecule has 0 radical (unpaired) electrons. The second-order valence-corrected chi connectivity index (χ2v) is 5.45. The Morgan fingerprint density at radius 3 is 2.90 bits per heavy atom. The Hall–Kier alpha value is -2.20. The van der Waals surface area contributed by atoms with Crippen molar-refractivity contribution in [3.05, 3.63) is 52.5 Å². The van der Waals surface area contributed by atoms with Crippen LogP contribution in [0.15, 0.2) is 36.4 Å². The maximum absolute atomic E-state index is 11.4. The molecule has 2 aromatic carbocycles. The van der Waals surface area contributed by atoms with E-state index >= 15 is 0 Å². The summed E-state index contributed by atoms with van der Waals surface area (Å²) in [5.74, 6) is 0.652. The zero-order chi connectivity index (χ0) is 14.8. The number of benzene rings is 2. The van der Waals surface area contributed by atoms with Gasteiger partial charge in [0.15, 0.2) is 0 Å². The highest BCUT2D eigenvalue weighted by Crippen LogP contribution is 2.33. The number of amides is 1. The number of nitrogens with two attached hydrogens (primary N) is 1. The molecular formula is C16H15ClN2O2. The average Bonchev–Trinajstić information content (AvgIpc) is 2.45. The Bertz CT molecular complexity index is 701. The van der Waals surface area contributed by atoms with E-state index in [0.29, 0.717) is 35.9 Å². The van der Waals surface area contributed by atoms with Crippen LogP contribution in [0.4, 0.5) is 11.4 Å². The molecule has 3 rings (SSSR count). The number of carbonyl (C=O) groups excluding carboxylic acids is 1. The van der Waals surface area contributed by atoms with E-state index in [9.17, 15) is 4.79 Å². The highest BCUT2D eigenvalue weighted by Gasteiger charge is 2.17. The van der Waals surface area contributed by atoms with Crippen molar-refractivity contribution in [2.24, 2.45) is 0 Å². The number of carbonyl (C=O) groups is 1. The van der Waals surface area contributed by atoms with Crippen LogP contribution in [-0.2, 0) is 17.8 Å². The van der Waals surface area contributed by atoms with E-state index in [-0.39, 0.29) is 5.91 Å². The van der Waals surface area contributed by atoms with E-state index in [1.165, 1.54) is 0 Å². The number of hydrogen-bond donors (Lipinski definition) is 2. The number of hydrogen-bond acceptors (Lipinski definition) is 3. The highest BCUT2D eigenvalue weighted by molar-refractivity contribution is 6.30. The number of nitrogens with one attached hydrogen (secondary N) is 1. The van der Waals surface area contributed by atoms with Gasteiger partial charge in [-0.15, -0.1) is 0 Å². The first-order valence-electron chi connectivity index (χ1n) is 6.71. The summed E-state index contributed by atoms with van der Waals surface area (Å²) in [6.45, 7) is 0.399. The number of aryl methyl sites for hydroxylation is 1. The predicted octanol–water partition coefficient (Wildman–Crippen LogP) is 3.39. The lowest BCUT2D eigenvalue weighted by Gasteiger charge is -2.19. The minimum atomic E-state index is 0.0227. The summed E-state index contributed by atoms with van der Waals surface area (Å²) in [5, 5.41) is 3.50. The summed E-state index contributed by atoms with van der Waals surface area (Å²) >= 11 is 5.95. The fourth-order valence-corrected chi connectivity index (χ4v) is 2.55. The van der Waals surface area contributed by atoms with Crippen molar-refractivity contribution < 1.29 is 9.53 Å². The largest absolute Gasteiger partial charge is 0.487 e. The van der Waals surface area contributed by atoms with Crippen molar-refractivity contribution in [2.45, 2.75) is 19.4 Å². The number of halogens is 1. The molecule has 0 spiro atoms. The molecule has 0 saturated heterocycles. The van der Waals surface area contributed by atoms with Gasteiger partial charge in [0.05, 0.1) is 5.69 Å². The third kappa shape index (κ3) is 3.11. The number of fused-ring (bicyclic) bond motifs is 1. The van der Waals surface area contributed by atoms with Gasteiger partial charge in [0.1, 0.15) is 12.4 Å². The second-order valence-electron chi connectivity index (χ2n) is 5.01. The average molecular weight is 303 g/mol. The van der Waals surface area contributed by atoms with Gasteiger partial charge in [-0.25, -0.2) is 0 Å². The maximum atomic E-state index is 11.4. The molecule has 3 N–H and O–H groups in total. The van der Waals surface area contributed by atoms with Gasteiger partial charge in [0, 0.05) is 17.1 Å². The minimum absolute atomic E-state index is 0.0227. The zero-order valence-corrected chi connectivity index (χ0v) is 12.1. The van der Waals surface area contributed by atoms with Crippen LogP contribution in [0.3, 0.4) is 0 Å². The monoisotopic (exact) mass is 302 g/mol. The molecule has 0 saturated carbocycles. The second kappa shape index (κ2) is 5.66. The van der Waals surface area contributed by atoms with E-state index in [1.807, 2.05) is 30.3 Å². The minimum Gasteiger partial charge on any atom is -0.487 e. The van der Waals surface area contributed by atoms with Gasteiger partial charge in [-0.3, -0.25) is 4.79 Å². The molecule has 1 heterocycles. The molecule has 1 aliphatic rings. The zero-order valence-electron chi connectivity index (χ0n) is 11.4. The molecule has 0 aliphatic carbocycles. The van der Waals surface area contributed by atoms with Crippen LogP contribution < -0.4 is 15.8 Å². The van der Waals surface area contributed by atoms with Gasteiger partial charge in [-0.1, -0.05) is 23.7 Å². The number of nitrogen functional groups attached to an aromatic ring is 1. The first kappa shape index (κ1) is 13.8. The van der Waals surface area contributed by atoms with Crippen LogP contribution in [0, 0.1) is 0 Å². The Kier molecular flexibility index (Phi) is 3.71. The fourth-order valence-electron chi connectivity index (χ4n) is 2.34. The highest BCUT2D eigenvalue weighted by atomic mass is 35.5.